The van der Waals surface area contributed by atoms with E-state index in [-0.39, 0.29) is 0 Å². The molecule has 2 rings (SSSR count). The van der Waals surface area contributed by atoms with Gasteiger partial charge in [-0.15, -0.1) is 0 Å². The Balaban J connectivity index is 2.22. The standard InChI is InChI=1S/C15H23NO/c1-10-8-11(2)14(15(17)12(10)3)9-13-4-6-16-7-5-13/h8,13,16-17H,4-7,9H2,1-3H3. The van der Waals surface area contributed by atoms with Gasteiger partial charge in [0, 0.05) is 0 Å². The van der Waals surface area contributed by atoms with Crippen LogP contribution in [-0.2, 0) is 6.42 Å². The number of hydrogen-bond donors (Lipinski definition) is 2. The molecular formula is C15H23NO. The van der Waals surface area contributed by atoms with E-state index in [2.05, 4.69) is 25.2 Å². The van der Waals surface area contributed by atoms with E-state index in [1.54, 1.807) is 0 Å². The van der Waals surface area contributed by atoms with Gasteiger partial charge in [0.15, 0.2) is 0 Å². The molecule has 0 spiro atoms. The highest BCUT2D eigenvalue weighted by Gasteiger charge is 2.18. The average molecular weight is 233 g/mol. The predicted octanol–water partition coefficient (Wildman–Crippen LogP) is 2.86. The number of hydrogen-bond acceptors (Lipinski definition) is 2. The second kappa shape index (κ2) is 5.09. The largest absolute Gasteiger partial charge is 0.507 e. The molecule has 1 aliphatic rings. The van der Waals surface area contributed by atoms with Gasteiger partial charge in [-0.1, -0.05) is 6.07 Å². The quantitative estimate of drug-likeness (QED) is 0.823. The van der Waals surface area contributed by atoms with E-state index in [4.69, 9.17) is 0 Å². The van der Waals surface area contributed by atoms with Crippen LogP contribution in [0.1, 0.15) is 35.1 Å². The van der Waals surface area contributed by atoms with Crippen LogP contribution in [0.15, 0.2) is 6.07 Å². The molecule has 94 valence electrons. The summed E-state index contributed by atoms with van der Waals surface area (Å²) in [6.07, 6.45) is 3.48. The van der Waals surface area contributed by atoms with Crippen molar-refractivity contribution in [2.24, 2.45) is 5.92 Å². The summed E-state index contributed by atoms with van der Waals surface area (Å²) in [6.45, 7) is 8.43. The number of aryl methyl sites for hydroxylation is 2. The normalized spacial score (nSPS) is 17.4. The van der Waals surface area contributed by atoms with Gasteiger partial charge in [-0.3, -0.25) is 0 Å². The minimum atomic E-state index is 0.529. The highest BCUT2D eigenvalue weighted by atomic mass is 16.3. The van der Waals surface area contributed by atoms with Crippen LogP contribution in [0.4, 0.5) is 0 Å². The first kappa shape index (κ1) is 12.4. The molecule has 2 nitrogen and oxygen atoms in total. The van der Waals surface area contributed by atoms with E-state index in [9.17, 15) is 5.11 Å². The van der Waals surface area contributed by atoms with Gasteiger partial charge in [-0.2, -0.15) is 0 Å². The van der Waals surface area contributed by atoms with Gasteiger partial charge < -0.3 is 10.4 Å². The molecule has 1 heterocycles. The number of nitrogens with one attached hydrogen (secondary N) is 1. The first-order valence-electron chi connectivity index (χ1n) is 6.59. The highest BCUT2D eigenvalue weighted by Crippen LogP contribution is 2.31. The number of aromatic hydroxyl groups is 1. The third kappa shape index (κ3) is 2.63. The van der Waals surface area contributed by atoms with Crippen LogP contribution in [0.2, 0.25) is 0 Å². The van der Waals surface area contributed by atoms with Crippen molar-refractivity contribution < 1.29 is 5.11 Å². The summed E-state index contributed by atoms with van der Waals surface area (Å²) < 4.78 is 0. The molecule has 2 heteroatoms. The minimum Gasteiger partial charge on any atom is -0.507 e. The predicted molar refractivity (Wildman–Crippen MR) is 71.6 cm³/mol. The van der Waals surface area contributed by atoms with Gasteiger partial charge in [0.25, 0.3) is 0 Å². The van der Waals surface area contributed by atoms with Crippen molar-refractivity contribution in [1.82, 2.24) is 5.32 Å². The first-order valence-corrected chi connectivity index (χ1v) is 6.59. The van der Waals surface area contributed by atoms with Crippen LogP contribution in [0.3, 0.4) is 0 Å². The van der Waals surface area contributed by atoms with Crippen molar-refractivity contribution in [3.8, 4) is 5.75 Å². The first-order chi connectivity index (χ1) is 8.09. The molecule has 1 aliphatic heterocycles. The van der Waals surface area contributed by atoms with Gasteiger partial charge in [0.2, 0.25) is 0 Å². The Hall–Kier alpha value is -1.02. The van der Waals surface area contributed by atoms with Crippen molar-refractivity contribution in [2.45, 2.75) is 40.0 Å². The molecule has 1 saturated heterocycles. The van der Waals surface area contributed by atoms with Crippen LogP contribution >= 0.6 is 0 Å². The van der Waals surface area contributed by atoms with E-state index in [1.165, 1.54) is 29.5 Å². The van der Waals surface area contributed by atoms with Crippen LogP contribution in [0, 0.1) is 26.7 Å². The lowest BCUT2D eigenvalue weighted by atomic mass is 9.87. The van der Waals surface area contributed by atoms with Gasteiger partial charge in [0.05, 0.1) is 0 Å². The SMILES string of the molecule is Cc1cc(C)c(CC2CCNCC2)c(O)c1C. The van der Waals surface area contributed by atoms with Crippen LogP contribution in [0.5, 0.6) is 5.75 Å². The fourth-order valence-electron chi connectivity index (χ4n) is 2.75. The van der Waals surface area contributed by atoms with Gasteiger partial charge in [-0.25, -0.2) is 0 Å². The van der Waals surface area contributed by atoms with Crippen molar-refractivity contribution in [2.75, 3.05) is 13.1 Å². The Labute approximate surface area is 104 Å². The van der Waals surface area contributed by atoms with Crippen LogP contribution < -0.4 is 5.32 Å². The molecule has 0 saturated carbocycles. The van der Waals surface area contributed by atoms with Crippen molar-refractivity contribution in [3.63, 3.8) is 0 Å². The number of phenolic OH excluding ortho intramolecular Hbond substituents is 1. The maximum absolute atomic E-state index is 10.3. The maximum Gasteiger partial charge on any atom is 0.122 e. The molecule has 1 aromatic carbocycles. The second-order valence-corrected chi connectivity index (χ2v) is 5.36. The number of phenols is 1. The second-order valence-electron chi connectivity index (χ2n) is 5.36. The molecule has 17 heavy (non-hydrogen) atoms. The molecular weight excluding hydrogens is 210 g/mol. The zero-order valence-electron chi connectivity index (χ0n) is 11.1. The number of benzene rings is 1. The van der Waals surface area contributed by atoms with E-state index in [0.29, 0.717) is 5.75 Å². The molecule has 0 bridgehead atoms. The lowest BCUT2D eigenvalue weighted by Gasteiger charge is -2.24. The Kier molecular flexibility index (Phi) is 3.72. The topological polar surface area (TPSA) is 32.3 Å². The average Bonchev–Trinajstić information content (AvgIpc) is 2.33. The summed E-state index contributed by atoms with van der Waals surface area (Å²) in [5.74, 6) is 1.25. The molecule has 1 aromatic rings. The monoisotopic (exact) mass is 233 g/mol. The van der Waals surface area contributed by atoms with Crippen molar-refractivity contribution in [1.29, 1.82) is 0 Å². The minimum absolute atomic E-state index is 0.529. The van der Waals surface area contributed by atoms with E-state index < -0.39 is 0 Å². The molecule has 0 amide bonds. The zero-order chi connectivity index (χ0) is 12.4. The van der Waals surface area contributed by atoms with Crippen molar-refractivity contribution in [3.05, 3.63) is 28.3 Å². The van der Waals surface area contributed by atoms with Crippen molar-refractivity contribution >= 4 is 0 Å². The van der Waals surface area contributed by atoms with Gasteiger partial charge in [-0.05, 0) is 81.3 Å². The summed E-state index contributed by atoms with van der Waals surface area (Å²) in [5.41, 5.74) is 4.64. The van der Waals surface area contributed by atoms with Crippen LogP contribution in [0.25, 0.3) is 0 Å². The molecule has 0 radical (unpaired) electrons. The highest BCUT2D eigenvalue weighted by molar-refractivity contribution is 5.48. The van der Waals surface area contributed by atoms with E-state index >= 15 is 0 Å². The number of rotatable bonds is 2. The third-order valence-electron chi connectivity index (χ3n) is 4.09. The molecule has 0 atom stereocenters. The van der Waals surface area contributed by atoms with Gasteiger partial charge in [0.1, 0.15) is 5.75 Å². The molecule has 0 aliphatic carbocycles. The summed E-state index contributed by atoms with van der Waals surface area (Å²) >= 11 is 0. The zero-order valence-corrected chi connectivity index (χ0v) is 11.1. The lowest BCUT2D eigenvalue weighted by molar-refractivity contribution is 0.365. The maximum atomic E-state index is 10.3. The lowest BCUT2D eigenvalue weighted by Crippen LogP contribution is -2.28. The summed E-state index contributed by atoms with van der Waals surface area (Å²) in [7, 11) is 0. The molecule has 2 N–H and O–H groups in total. The van der Waals surface area contributed by atoms with E-state index in [1.807, 2.05) is 6.92 Å². The fourth-order valence-corrected chi connectivity index (χ4v) is 2.75. The van der Waals surface area contributed by atoms with Gasteiger partial charge >= 0.3 is 0 Å². The Morgan fingerprint density at radius 3 is 2.47 bits per heavy atom. The summed E-state index contributed by atoms with van der Waals surface area (Å²) in [4.78, 5) is 0. The Morgan fingerprint density at radius 2 is 1.82 bits per heavy atom. The molecule has 0 aromatic heterocycles. The third-order valence-corrected chi connectivity index (χ3v) is 4.09. The van der Waals surface area contributed by atoms with Crippen LogP contribution in [-0.4, -0.2) is 18.2 Å². The molecule has 0 unspecified atom stereocenters. The Morgan fingerprint density at radius 1 is 1.18 bits per heavy atom. The smallest absolute Gasteiger partial charge is 0.122 e. The number of piperidine rings is 1. The van der Waals surface area contributed by atoms with E-state index in [0.717, 1.165) is 31.0 Å². The fraction of sp³-hybridized carbons (Fsp3) is 0.600. The Bertz CT molecular complexity index is 406. The summed E-state index contributed by atoms with van der Waals surface area (Å²) in [6, 6.07) is 2.20. The summed E-state index contributed by atoms with van der Waals surface area (Å²) in [5, 5.41) is 13.7. The molecule has 1 fully saturated rings.